The maximum atomic E-state index is 10.2. The normalized spacial score (nSPS) is 10.2. The molecular formula is C23H20O5. The molecule has 142 valence electrons. The van der Waals surface area contributed by atoms with E-state index in [1.54, 1.807) is 50.6 Å². The maximum Gasteiger partial charge on any atom is 0.335 e. The third-order valence-electron chi connectivity index (χ3n) is 4.36. The van der Waals surface area contributed by atoms with Gasteiger partial charge in [0, 0.05) is 16.8 Å². The SMILES string of the molecule is COc1cc(OC)c2c(ccc3c(O)cccc32)c1.O=C(O)c1ccccc1. The molecule has 0 aliphatic carbocycles. The fourth-order valence-corrected chi connectivity index (χ4v) is 3.01. The molecule has 0 saturated heterocycles. The zero-order valence-electron chi connectivity index (χ0n) is 15.5. The Kier molecular flexibility index (Phi) is 5.65. The smallest absolute Gasteiger partial charge is 0.335 e. The fourth-order valence-electron chi connectivity index (χ4n) is 3.01. The molecule has 5 heteroatoms. The van der Waals surface area contributed by atoms with E-state index in [1.807, 2.05) is 36.4 Å². The van der Waals surface area contributed by atoms with Gasteiger partial charge in [0.25, 0.3) is 0 Å². The van der Waals surface area contributed by atoms with Crippen LogP contribution in [0.1, 0.15) is 10.4 Å². The number of ether oxygens (including phenoxy) is 2. The summed E-state index contributed by atoms with van der Waals surface area (Å²) in [5.74, 6) is 0.891. The van der Waals surface area contributed by atoms with Gasteiger partial charge in [-0.2, -0.15) is 0 Å². The highest BCUT2D eigenvalue weighted by Crippen LogP contribution is 2.38. The van der Waals surface area contributed by atoms with Crippen LogP contribution in [0.5, 0.6) is 17.2 Å². The second kappa shape index (κ2) is 8.31. The van der Waals surface area contributed by atoms with Crippen LogP contribution in [-0.4, -0.2) is 30.4 Å². The predicted octanol–water partition coefficient (Wildman–Crippen LogP) is 5.10. The molecular weight excluding hydrogens is 356 g/mol. The van der Waals surface area contributed by atoms with Crippen LogP contribution in [0.3, 0.4) is 0 Å². The zero-order chi connectivity index (χ0) is 20.1. The molecule has 4 aromatic carbocycles. The summed E-state index contributed by atoms with van der Waals surface area (Å²) in [7, 11) is 3.27. The van der Waals surface area contributed by atoms with E-state index in [0.717, 1.165) is 33.0 Å². The van der Waals surface area contributed by atoms with Gasteiger partial charge in [-0.1, -0.05) is 42.5 Å². The fraction of sp³-hybridized carbons (Fsp3) is 0.0870. The van der Waals surface area contributed by atoms with E-state index in [-0.39, 0.29) is 5.75 Å². The molecule has 4 rings (SSSR count). The summed E-state index contributed by atoms with van der Waals surface area (Å²) in [5, 5.41) is 22.1. The summed E-state index contributed by atoms with van der Waals surface area (Å²) in [6.07, 6.45) is 0. The maximum absolute atomic E-state index is 10.2. The number of benzene rings is 4. The van der Waals surface area contributed by atoms with Crippen LogP contribution < -0.4 is 9.47 Å². The lowest BCUT2D eigenvalue weighted by Crippen LogP contribution is -1.93. The molecule has 5 nitrogen and oxygen atoms in total. The molecule has 4 aromatic rings. The van der Waals surface area contributed by atoms with Gasteiger partial charge in [-0.25, -0.2) is 4.79 Å². The molecule has 0 aliphatic heterocycles. The van der Waals surface area contributed by atoms with E-state index in [4.69, 9.17) is 14.6 Å². The number of hydrogen-bond donors (Lipinski definition) is 2. The molecule has 2 N–H and O–H groups in total. The summed E-state index contributed by atoms with van der Waals surface area (Å²) in [6.45, 7) is 0. The first-order chi connectivity index (χ1) is 13.5. The Labute approximate surface area is 162 Å². The van der Waals surface area contributed by atoms with E-state index in [1.165, 1.54) is 0 Å². The summed E-state index contributed by atoms with van der Waals surface area (Å²) in [5.41, 5.74) is 0.331. The van der Waals surface area contributed by atoms with Crippen LogP contribution in [0.4, 0.5) is 0 Å². The number of phenols is 1. The van der Waals surface area contributed by atoms with Gasteiger partial charge in [-0.15, -0.1) is 0 Å². The number of carbonyl (C=O) groups is 1. The van der Waals surface area contributed by atoms with Crippen molar-refractivity contribution in [3.63, 3.8) is 0 Å². The van der Waals surface area contributed by atoms with Crippen LogP contribution >= 0.6 is 0 Å². The number of rotatable bonds is 3. The summed E-state index contributed by atoms with van der Waals surface area (Å²) in [4.78, 5) is 10.2. The van der Waals surface area contributed by atoms with Crippen molar-refractivity contribution in [1.29, 1.82) is 0 Å². The lowest BCUT2D eigenvalue weighted by molar-refractivity contribution is 0.0697. The van der Waals surface area contributed by atoms with Crippen LogP contribution in [0.25, 0.3) is 21.5 Å². The van der Waals surface area contributed by atoms with Gasteiger partial charge in [-0.05, 0) is 35.0 Å². The average Bonchev–Trinajstić information content (AvgIpc) is 2.74. The molecule has 0 amide bonds. The van der Waals surface area contributed by atoms with Crippen molar-refractivity contribution >= 4 is 27.5 Å². The molecule has 0 fully saturated rings. The summed E-state index contributed by atoms with van der Waals surface area (Å²) < 4.78 is 10.7. The summed E-state index contributed by atoms with van der Waals surface area (Å²) >= 11 is 0. The topological polar surface area (TPSA) is 76.0 Å². The second-order valence-corrected chi connectivity index (χ2v) is 6.04. The number of hydrogen-bond acceptors (Lipinski definition) is 4. The van der Waals surface area contributed by atoms with Crippen LogP contribution in [0.15, 0.2) is 72.8 Å². The number of methoxy groups -OCH3 is 2. The molecule has 0 unspecified atom stereocenters. The van der Waals surface area contributed by atoms with Gasteiger partial charge in [0.2, 0.25) is 0 Å². The number of phenolic OH excluding ortho intramolecular Hbond substituents is 1. The third-order valence-corrected chi connectivity index (χ3v) is 4.36. The van der Waals surface area contributed by atoms with Gasteiger partial charge in [0.05, 0.1) is 19.8 Å². The molecule has 0 saturated carbocycles. The lowest BCUT2D eigenvalue weighted by Gasteiger charge is -2.11. The Morgan fingerprint density at radius 2 is 1.57 bits per heavy atom. The van der Waals surface area contributed by atoms with Gasteiger partial charge in [0.15, 0.2) is 0 Å². The van der Waals surface area contributed by atoms with Crippen molar-refractivity contribution < 1.29 is 24.5 Å². The Morgan fingerprint density at radius 1 is 0.821 bits per heavy atom. The molecule has 28 heavy (non-hydrogen) atoms. The van der Waals surface area contributed by atoms with Gasteiger partial charge < -0.3 is 19.7 Å². The van der Waals surface area contributed by atoms with Gasteiger partial charge >= 0.3 is 5.97 Å². The Bertz CT molecular complexity index is 1120. The average molecular weight is 376 g/mol. The van der Waals surface area contributed by atoms with E-state index in [9.17, 15) is 9.90 Å². The molecule has 0 heterocycles. The number of carboxylic acid groups (broad SMARTS) is 1. The quantitative estimate of drug-likeness (QED) is 0.487. The first-order valence-electron chi connectivity index (χ1n) is 8.60. The van der Waals surface area contributed by atoms with Crippen molar-refractivity contribution in [1.82, 2.24) is 0 Å². The van der Waals surface area contributed by atoms with Gasteiger partial charge in [0.1, 0.15) is 17.2 Å². The van der Waals surface area contributed by atoms with Crippen LogP contribution in [-0.2, 0) is 0 Å². The number of fused-ring (bicyclic) bond motifs is 3. The standard InChI is InChI=1S/C16H14O3.C7H6O2/c1-18-11-8-10-6-7-12-13(4-3-5-14(12)17)16(10)15(9-11)19-2;8-7(9)6-4-2-1-3-5-6/h3-9,17H,1-2H3;1-5H,(H,8,9). The monoisotopic (exact) mass is 376 g/mol. The highest BCUT2D eigenvalue weighted by Gasteiger charge is 2.10. The molecule has 0 spiro atoms. The van der Waals surface area contributed by atoms with Crippen LogP contribution in [0.2, 0.25) is 0 Å². The first-order valence-corrected chi connectivity index (χ1v) is 8.60. The minimum absolute atomic E-state index is 0.275. The Hall–Kier alpha value is -3.73. The van der Waals surface area contributed by atoms with Crippen molar-refractivity contribution in [2.75, 3.05) is 14.2 Å². The van der Waals surface area contributed by atoms with E-state index in [2.05, 4.69) is 0 Å². The Morgan fingerprint density at radius 3 is 2.18 bits per heavy atom. The Balaban J connectivity index is 0.000000211. The number of carboxylic acids is 1. The van der Waals surface area contributed by atoms with E-state index < -0.39 is 5.97 Å². The number of aromatic carboxylic acids is 1. The van der Waals surface area contributed by atoms with Gasteiger partial charge in [-0.3, -0.25) is 0 Å². The second-order valence-electron chi connectivity index (χ2n) is 6.04. The van der Waals surface area contributed by atoms with Crippen molar-refractivity contribution in [2.45, 2.75) is 0 Å². The van der Waals surface area contributed by atoms with Crippen molar-refractivity contribution in [3.8, 4) is 17.2 Å². The third kappa shape index (κ3) is 3.83. The lowest BCUT2D eigenvalue weighted by atomic mass is 10.0. The number of aromatic hydroxyl groups is 1. The predicted molar refractivity (Wildman–Crippen MR) is 110 cm³/mol. The zero-order valence-corrected chi connectivity index (χ0v) is 15.5. The molecule has 0 aliphatic rings. The first kappa shape index (κ1) is 19.0. The molecule has 0 bridgehead atoms. The van der Waals surface area contributed by atoms with Crippen molar-refractivity contribution in [3.05, 3.63) is 78.4 Å². The highest BCUT2D eigenvalue weighted by atomic mass is 16.5. The largest absolute Gasteiger partial charge is 0.507 e. The highest BCUT2D eigenvalue weighted by molar-refractivity contribution is 6.12. The minimum atomic E-state index is -0.879. The minimum Gasteiger partial charge on any atom is -0.507 e. The molecule has 0 atom stereocenters. The van der Waals surface area contributed by atoms with E-state index >= 15 is 0 Å². The molecule has 0 radical (unpaired) electrons. The van der Waals surface area contributed by atoms with Crippen molar-refractivity contribution in [2.24, 2.45) is 0 Å². The molecule has 0 aromatic heterocycles. The van der Waals surface area contributed by atoms with Crippen LogP contribution in [0, 0.1) is 0 Å². The van der Waals surface area contributed by atoms with E-state index in [0.29, 0.717) is 5.56 Å². The summed E-state index contributed by atoms with van der Waals surface area (Å²) in [6, 6.07) is 21.5.